The highest BCUT2D eigenvalue weighted by atomic mass is 35.5. The molecule has 0 aliphatic carbocycles. The Labute approximate surface area is 175 Å². The predicted octanol–water partition coefficient (Wildman–Crippen LogP) is 4.56. The van der Waals surface area contributed by atoms with E-state index in [1.54, 1.807) is 23.5 Å². The van der Waals surface area contributed by atoms with Crippen molar-refractivity contribution in [2.24, 2.45) is 0 Å². The van der Waals surface area contributed by atoms with Crippen LogP contribution in [0.1, 0.15) is 24.2 Å². The molecular weight excluding hydrogens is 414 g/mol. The average molecular weight is 436 g/mol. The highest BCUT2D eigenvalue weighted by Gasteiger charge is 2.17. The number of rotatable bonds is 7. The minimum absolute atomic E-state index is 0.0665. The second kappa shape index (κ2) is 8.71. The van der Waals surface area contributed by atoms with Gasteiger partial charge in [-0.05, 0) is 36.8 Å². The van der Waals surface area contributed by atoms with Gasteiger partial charge in [0, 0.05) is 42.6 Å². The molecule has 0 amide bonds. The van der Waals surface area contributed by atoms with Crippen LogP contribution < -0.4 is 5.32 Å². The molecule has 1 atom stereocenters. The average Bonchev–Trinajstić information content (AvgIpc) is 3.15. The van der Waals surface area contributed by atoms with Gasteiger partial charge in [-0.15, -0.1) is 11.3 Å². The summed E-state index contributed by atoms with van der Waals surface area (Å²) >= 11 is 7.53. The molecule has 0 bridgehead atoms. The molecule has 0 spiro atoms. The molecule has 5 nitrogen and oxygen atoms in total. The molecular formula is C20H22ClN3O2S2. The van der Waals surface area contributed by atoms with Gasteiger partial charge >= 0.3 is 0 Å². The first-order valence-electron chi connectivity index (χ1n) is 8.73. The Hall–Kier alpha value is -1.77. The Balaban J connectivity index is 1.63. The van der Waals surface area contributed by atoms with Gasteiger partial charge in [-0.25, -0.2) is 17.7 Å². The van der Waals surface area contributed by atoms with Gasteiger partial charge in [0.2, 0.25) is 10.0 Å². The second-order valence-corrected chi connectivity index (χ2v) is 10.1. The van der Waals surface area contributed by atoms with Gasteiger partial charge in [-0.2, -0.15) is 0 Å². The van der Waals surface area contributed by atoms with Crippen LogP contribution in [0.3, 0.4) is 0 Å². The van der Waals surface area contributed by atoms with Crippen molar-refractivity contribution in [3.8, 4) is 10.6 Å². The highest BCUT2D eigenvalue weighted by molar-refractivity contribution is 7.89. The van der Waals surface area contributed by atoms with Crippen LogP contribution in [0.2, 0.25) is 5.02 Å². The molecule has 0 radical (unpaired) electrons. The van der Waals surface area contributed by atoms with Crippen LogP contribution in [0.25, 0.3) is 10.6 Å². The van der Waals surface area contributed by atoms with Crippen molar-refractivity contribution in [2.45, 2.75) is 24.4 Å². The van der Waals surface area contributed by atoms with E-state index in [0.717, 1.165) is 21.8 Å². The Bertz CT molecular complexity index is 1030. The summed E-state index contributed by atoms with van der Waals surface area (Å²) < 4.78 is 25.5. The summed E-state index contributed by atoms with van der Waals surface area (Å²) in [6.07, 6.45) is 0. The molecule has 1 N–H and O–H groups in total. The van der Waals surface area contributed by atoms with Gasteiger partial charge in [0.25, 0.3) is 0 Å². The number of hydrogen-bond acceptors (Lipinski definition) is 5. The van der Waals surface area contributed by atoms with Crippen LogP contribution in [-0.2, 0) is 16.6 Å². The SMILES string of the molecule is CC(NCc1csc(-c2ccc(Cl)cc2)n1)c1ccc(S(=O)(=O)N(C)C)cc1. The Kier molecular flexibility index (Phi) is 6.52. The van der Waals surface area contributed by atoms with Gasteiger partial charge in [0.15, 0.2) is 0 Å². The lowest BCUT2D eigenvalue weighted by Crippen LogP contribution is -2.22. The summed E-state index contributed by atoms with van der Waals surface area (Å²) in [5.41, 5.74) is 3.03. The third-order valence-corrected chi connectivity index (χ3v) is 7.41. The quantitative estimate of drug-likeness (QED) is 0.590. The molecule has 3 aromatic rings. The highest BCUT2D eigenvalue weighted by Crippen LogP contribution is 2.25. The van der Waals surface area contributed by atoms with Gasteiger partial charge in [0.1, 0.15) is 5.01 Å². The van der Waals surface area contributed by atoms with Crippen LogP contribution in [0.15, 0.2) is 58.8 Å². The summed E-state index contributed by atoms with van der Waals surface area (Å²) in [5, 5.41) is 7.14. The van der Waals surface area contributed by atoms with Crippen LogP contribution in [0, 0.1) is 0 Å². The molecule has 8 heteroatoms. The molecule has 148 valence electrons. The zero-order valence-corrected chi connectivity index (χ0v) is 18.3. The number of hydrogen-bond donors (Lipinski definition) is 1. The molecule has 0 saturated carbocycles. The third-order valence-electron chi connectivity index (χ3n) is 4.39. The van der Waals surface area contributed by atoms with Crippen molar-refractivity contribution in [1.82, 2.24) is 14.6 Å². The third kappa shape index (κ3) is 4.79. The van der Waals surface area contributed by atoms with Crippen molar-refractivity contribution in [3.63, 3.8) is 0 Å². The maximum Gasteiger partial charge on any atom is 0.242 e. The van der Waals surface area contributed by atoms with Gasteiger partial charge in [-0.3, -0.25) is 0 Å². The maximum absolute atomic E-state index is 12.2. The van der Waals surface area contributed by atoms with Gasteiger partial charge in [-0.1, -0.05) is 35.9 Å². The summed E-state index contributed by atoms with van der Waals surface area (Å²) in [4.78, 5) is 4.96. The number of halogens is 1. The monoisotopic (exact) mass is 435 g/mol. The van der Waals surface area contributed by atoms with Crippen LogP contribution in [0.5, 0.6) is 0 Å². The number of thiazole rings is 1. The molecule has 0 saturated heterocycles. The molecule has 28 heavy (non-hydrogen) atoms. The number of nitrogens with one attached hydrogen (secondary N) is 1. The fraction of sp³-hybridized carbons (Fsp3) is 0.250. The van der Waals surface area contributed by atoms with E-state index in [1.807, 2.05) is 48.7 Å². The lowest BCUT2D eigenvalue weighted by Gasteiger charge is -2.15. The van der Waals surface area contributed by atoms with Crippen molar-refractivity contribution < 1.29 is 8.42 Å². The van der Waals surface area contributed by atoms with E-state index in [4.69, 9.17) is 11.6 Å². The Morgan fingerprint density at radius 2 is 1.75 bits per heavy atom. The fourth-order valence-corrected chi connectivity index (χ4v) is 4.48. The maximum atomic E-state index is 12.2. The lowest BCUT2D eigenvalue weighted by atomic mass is 10.1. The summed E-state index contributed by atoms with van der Waals surface area (Å²) in [5.74, 6) is 0. The summed E-state index contributed by atoms with van der Waals surface area (Å²) in [6.45, 7) is 2.67. The number of nitrogens with zero attached hydrogens (tertiary/aromatic N) is 2. The zero-order chi connectivity index (χ0) is 20.3. The van der Waals surface area contributed by atoms with Crippen molar-refractivity contribution >= 4 is 33.0 Å². The molecule has 1 aromatic heterocycles. The van der Waals surface area contributed by atoms with E-state index >= 15 is 0 Å². The first kappa shape index (κ1) is 21.0. The topological polar surface area (TPSA) is 62.3 Å². The molecule has 2 aromatic carbocycles. The molecule has 3 rings (SSSR count). The molecule has 0 aliphatic rings. The van der Waals surface area contributed by atoms with Gasteiger partial charge < -0.3 is 5.32 Å². The zero-order valence-electron chi connectivity index (χ0n) is 15.9. The smallest absolute Gasteiger partial charge is 0.242 e. The van der Waals surface area contributed by atoms with Crippen molar-refractivity contribution in [2.75, 3.05) is 14.1 Å². The summed E-state index contributed by atoms with van der Waals surface area (Å²) in [6, 6.07) is 14.7. The number of benzene rings is 2. The van der Waals surface area contributed by atoms with E-state index in [1.165, 1.54) is 18.4 Å². The van der Waals surface area contributed by atoms with Crippen LogP contribution in [0.4, 0.5) is 0 Å². The van der Waals surface area contributed by atoms with E-state index in [-0.39, 0.29) is 6.04 Å². The predicted molar refractivity (Wildman–Crippen MR) is 115 cm³/mol. The van der Waals surface area contributed by atoms with Crippen molar-refractivity contribution in [1.29, 1.82) is 0 Å². The number of sulfonamides is 1. The minimum atomic E-state index is -3.40. The van der Waals surface area contributed by atoms with E-state index in [9.17, 15) is 8.42 Å². The lowest BCUT2D eigenvalue weighted by molar-refractivity contribution is 0.520. The molecule has 0 aliphatic heterocycles. The van der Waals surface area contributed by atoms with Crippen LogP contribution in [-0.4, -0.2) is 31.8 Å². The first-order valence-corrected chi connectivity index (χ1v) is 11.4. The minimum Gasteiger partial charge on any atom is -0.305 e. The molecule has 1 heterocycles. The van der Waals surface area contributed by atoms with Crippen molar-refractivity contribution in [3.05, 3.63) is 70.2 Å². The Morgan fingerprint density at radius 1 is 1.11 bits per heavy atom. The van der Waals surface area contributed by atoms with E-state index in [0.29, 0.717) is 16.5 Å². The number of aromatic nitrogens is 1. The van der Waals surface area contributed by atoms with Gasteiger partial charge in [0.05, 0.1) is 10.6 Å². The molecule has 0 fully saturated rings. The van der Waals surface area contributed by atoms with Crippen LogP contribution >= 0.6 is 22.9 Å². The van der Waals surface area contributed by atoms with E-state index in [2.05, 4.69) is 10.3 Å². The first-order chi connectivity index (χ1) is 13.3. The molecule has 1 unspecified atom stereocenters. The second-order valence-electron chi connectivity index (χ2n) is 6.61. The largest absolute Gasteiger partial charge is 0.305 e. The summed E-state index contributed by atoms with van der Waals surface area (Å²) in [7, 11) is -0.350. The Morgan fingerprint density at radius 3 is 2.36 bits per heavy atom. The van der Waals surface area contributed by atoms with E-state index < -0.39 is 10.0 Å². The standard InChI is InChI=1S/C20H22ClN3O2S2/c1-14(15-6-10-19(11-7-15)28(25,26)24(2)3)22-12-18-13-27-20(23-18)16-4-8-17(21)9-5-16/h4-11,13-14,22H,12H2,1-3H3. The fourth-order valence-electron chi connectivity index (χ4n) is 2.63. The normalized spacial score (nSPS) is 13.0.